The highest BCUT2D eigenvalue weighted by atomic mass is 32.1. The maximum absolute atomic E-state index is 13.0. The van der Waals surface area contributed by atoms with Crippen molar-refractivity contribution in [2.75, 3.05) is 44.7 Å². The van der Waals surface area contributed by atoms with Gasteiger partial charge < -0.3 is 20.5 Å². The van der Waals surface area contributed by atoms with Gasteiger partial charge >= 0.3 is 0 Å². The second kappa shape index (κ2) is 10.1. The first kappa shape index (κ1) is 25.1. The second-order valence-corrected chi connectivity index (χ2v) is 12.5. The molecule has 2 amide bonds. The molecular formula is C26H40N4O4S. The third-order valence-corrected chi connectivity index (χ3v) is 9.97. The van der Waals surface area contributed by atoms with Crippen molar-refractivity contribution in [2.45, 2.75) is 64.9 Å². The summed E-state index contributed by atoms with van der Waals surface area (Å²) in [5.41, 5.74) is 0.991. The molecule has 0 unspecified atom stereocenters. The van der Waals surface area contributed by atoms with E-state index in [1.54, 1.807) is 11.3 Å². The van der Waals surface area contributed by atoms with Crippen LogP contribution in [0.4, 0.5) is 5.13 Å². The first-order valence-corrected chi connectivity index (χ1v) is 14.1. The van der Waals surface area contributed by atoms with Gasteiger partial charge in [-0.1, -0.05) is 20.8 Å². The molecule has 194 valence electrons. The number of hydrogen-bond donors (Lipinski definition) is 3. The van der Waals surface area contributed by atoms with Gasteiger partial charge in [-0.25, -0.2) is 4.98 Å². The summed E-state index contributed by atoms with van der Waals surface area (Å²) in [6, 6.07) is 0. The number of aliphatic hydroxyl groups is 1. The summed E-state index contributed by atoms with van der Waals surface area (Å²) in [6.07, 6.45) is 4.09. The zero-order chi connectivity index (χ0) is 24.7. The highest BCUT2D eigenvalue weighted by molar-refractivity contribution is 7.15. The Balaban J connectivity index is 1.22. The van der Waals surface area contributed by atoms with E-state index in [0.717, 1.165) is 70.6 Å². The van der Waals surface area contributed by atoms with Gasteiger partial charge in [0.25, 0.3) is 0 Å². The number of aromatic nitrogens is 1. The Morgan fingerprint density at radius 1 is 1.29 bits per heavy atom. The van der Waals surface area contributed by atoms with Crippen molar-refractivity contribution in [1.82, 2.24) is 15.2 Å². The van der Waals surface area contributed by atoms with Crippen molar-refractivity contribution >= 4 is 28.3 Å². The molecule has 2 saturated carbocycles. The normalized spacial score (nSPS) is 33.9. The number of thiazole rings is 1. The van der Waals surface area contributed by atoms with Crippen LogP contribution in [0.2, 0.25) is 0 Å². The molecule has 1 aromatic rings. The Morgan fingerprint density at radius 3 is 2.74 bits per heavy atom. The minimum atomic E-state index is -0.553. The molecule has 1 saturated heterocycles. The van der Waals surface area contributed by atoms with Crippen LogP contribution in [0.3, 0.4) is 0 Å². The van der Waals surface area contributed by atoms with Crippen LogP contribution in [-0.4, -0.2) is 72.3 Å². The third-order valence-electron chi connectivity index (χ3n) is 8.99. The fraction of sp³-hybridized carbons (Fsp3) is 0.808. The topological polar surface area (TPSA) is 104 Å². The fourth-order valence-corrected chi connectivity index (χ4v) is 7.94. The average Bonchev–Trinajstić information content (AvgIpc) is 3.61. The summed E-state index contributed by atoms with van der Waals surface area (Å²) in [7, 11) is 0. The minimum absolute atomic E-state index is 0.0286. The van der Waals surface area contributed by atoms with Gasteiger partial charge in [-0.3, -0.25) is 14.5 Å². The van der Waals surface area contributed by atoms with Gasteiger partial charge in [0.1, 0.15) is 0 Å². The van der Waals surface area contributed by atoms with Crippen molar-refractivity contribution in [2.24, 2.45) is 29.1 Å². The number of amides is 2. The van der Waals surface area contributed by atoms with Crippen LogP contribution < -0.4 is 10.6 Å². The van der Waals surface area contributed by atoms with Crippen LogP contribution in [0.1, 0.15) is 62.9 Å². The summed E-state index contributed by atoms with van der Waals surface area (Å²) in [5, 5.41) is 18.4. The molecule has 3 aliphatic carbocycles. The number of aliphatic hydroxyl groups excluding tert-OH is 1. The lowest BCUT2D eigenvalue weighted by molar-refractivity contribution is -0.134. The van der Waals surface area contributed by atoms with E-state index in [2.05, 4.69) is 29.4 Å². The first-order valence-electron chi connectivity index (χ1n) is 13.3. The summed E-state index contributed by atoms with van der Waals surface area (Å²) >= 11 is 1.60. The fourth-order valence-electron chi connectivity index (χ4n) is 6.67. The van der Waals surface area contributed by atoms with E-state index in [-0.39, 0.29) is 46.8 Å². The molecule has 0 spiro atoms. The Morgan fingerprint density at radius 2 is 2.03 bits per heavy atom. The van der Waals surface area contributed by atoms with Crippen molar-refractivity contribution in [3.63, 3.8) is 0 Å². The number of nitrogens with one attached hydrogen (secondary N) is 2. The van der Waals surface area contributed by atoms with Crippen LogP contribution >= 0.6 is 11.3 Å². The van der Waals surface area contributed by atoms with Gasteiger partial charge in [0, 0.05) is 48.8 Å². The molecule has 1 aliphatic heterocycles. The molecule has 35 heavy (non-hydrogen) atoms. The minimum Gasteiger partial charge on any atom is -0.392 e. The van der Waals surface area contributed by atoms with Gasteiger partial charge in [-0.15, -0.1) is 11.3 Å². The molecule has 5 rings (SSSR count). The number of ether oxygens (including phenoxy) is 1. The van der Waals surface area contributed by atoms with Crippen molar-refractivity contribution in [3.8, 4) is 0 Å². The number of hydrogen-bond acceptors (Lipinski definition) is 7. The first-order chi connectivity index (χ1) is 16.8. The molecule has 9 heteroatoms. The Bertz CT molecular complexity index is 944. The molecular weight excluding hydrogens is 464 g/mol. The molecule has 6 atom stereocenters. The zero-order valence-electron chi connectivity index (χ0n) is 21.2. The number of morpholine rings is 1. The van der Waals surface area contributed by atoms with Crippen molar-refractivity contribution in [1.29, 1.82) is 0 Å². The lowest BCUT2D eigenvalue weighted by Crippen LogP contribution is -2.53. The summed E-state index contributed by atoms with van der Waals surface area (Å²) in [5.74, 6) is 0.101. The van der Waals surface area contributed by atoms with Crippen LogP contribution in [-0.2, 0) is 20.7 Å². The van der Waals surface area contributed by atoms with Crippen molar-refractivity contribution in [3.05, 3.63) is 10.6 Å². The number of rotatable bonds is 7. The van der Waals surface area contributed by atoms with E-state index < -0.39 is 6.10 Å². The van der Waals surface area contributed by atoms with Crippen LogP contribution in [0.5, 0.6) is 0 Å². The summed E-state index contributed by atoms with van der Waals surface area (Å²) in [6.45, 7) is 11.2. The van der Waals surface area contributed by atoms with Gasteiger partial charge in [0.2, 0.25) is 11.8 Å². The maximum atomic E-state index is 13.0. The van der Waals surface area contributed by atoms with Gasteiger partial charge in [0.05, 0.1) is 25.0 Å². The molecule has 1 aromatic heterocycles. The molecule has 3 fully saturated rings. The molecule has 0 bridgehead atoms. The Kier molecular flexibility index (Phi) is 7.23. The molecule has 3 N–H and O–H groups in total. The predicted octanol–water partition coefficient (Wildman–Crippen LogP) is 2.63. The van der Waals surface area contributed by atoms with Gasteiger partial charge in [0.15, 0.2) is 5.13 Å². The second-order valence-electron chi connectivity index (χ2n) is 11.5. The van der Waals surface area contributed by atoms with Crippen LogP contribution in [0, 0.1) is 29.1 Å². The van der Waals surface area contributed by atoms with Crippen LogP contribution in [0.25, 0.3) is 0 Å². The highest BCUT2D eigenvalue weighted by Crippen LogP contribution is 2.57. The lowest BCUT2D eigenvalue weighted by Gasteiger charge is -2.53. The van der Waals surface area contributed by atoms with Gasteiger partial charge in [-0.05, 0) is 49.4 Å². The van der Waals surface area contributed by atoms with Crippen LogP contribution in [0.15, 0.2) is 0 Å². The third kappa shape index (κ3) is 5.15. The molecule has 0 aromatic carbocycles. The van der Waals surface area contributed by atoms with E-state index in [1.807, 2.05) is 6.92 Å². The van der Waals surface area contributed by atoms with E-state index >= 15 is 0 Å². The number of anilines is 1. The predicted molar refractivity (Wildman–Crippen MR) is 135 cm³/mol. The average molecular weight is 505 g/mol. The SMILES string of the molecule is C[C@H](C(=O)NCCN1CCOCC1)[C@H]1CC[C@@]2(C)Cc3sc(NC(=O)C4CC4)nc3[C@@H](C)[C@@H]2[C@H]1O. The molecule has 0 radical (unpaired) electrons. The monoisotopic (exact) mass is 504 g/mol. The van der Waals surface area contributed by atoms with Crippen molar-refractivity contribution < 1.29 is 19.4 Å². The van der Waals surface area contributed by atoms with E-state index in [9.17, 15) is 14.7 Å². The number of fused-ring (bicyclic) bond motifs is 2. The maximum Gasteiger partial charge on any atom is 0.229 e. The smallest absolute Gasteiger partial charge is 0.229 e. The lowest BCUT2D eigenvalue weighted by atomic mass is 9.53. The highest BCUT2D eigenvalue weighted by Gasteiger charge is 2.54. The molecule has 8 nitrogen and oxygen atoms in total. The number of carbonyl (C=O) groups is 2. The molecule has 2 heterocycles. The number of nitrogens with zero attached hydrogens (tertiary/aromatic N) is 2. The van der Waals surface area contributed by atoms with E-state index in [0.29, 0.717) is 11.7 Å². The molecule has 4 aliphatic rings. The van der Waals surface area contributed by atoms with E-state index in [1.165, 1.54) is 4.88 Å². The zero-order valence-corrected chi connectivity index (χ0v) is 22.0. The quantitative estimate of drug-likeness (QED) is 0.528. The van der Waals surface area contributed by atoms with E-state index in [4.69, 9.17) is 9.72 Å². The Labute approximate surface area is 212 Å². The van der Waals surface area contributed by atoms with Gasteiger partial charge in [-0.2, -0.15) is 0 Å². The largest absolute Gasteiger partial charge is 0.392 e. The Hall–Kier alpha value is -1.55. The summed E-state index contributed by atoms with van der Waals surface area (Å²) in [4.78, 5) is 33.6. The standard InChI is InChI=1S/C26H40N4O4S/c1-15(23(32)27-8-9-30-10-12-34-13-11-30)18-6-7-26(3)14-19-21(16(2)20(26)22(18)31)28-25(35-19)29-24(33)17-4-5-17/h15-18,20,22,31H,4-14H2,1-3H3,(H,27,32)(H,28,29,33)/t15-,16-,18+,20+,22-,26-/m0/s1. The summed E-state index contributed by atoms with van der Waals surface area (Å²) < 4.78 is 5.39. The number of carbonyl (C=O) groups excluding carboxylic acids is 2.